The third kappa shape index (κ3) is 2.75. The number of carbonyl (C=O) groups excluding carboxylic acids is 1. The molecule has 1 amide bonds. The Labute approximate surface area is 143 Å². The van der Waals surface area contributed by atoms with Gasteiger partial charge in [0.05, 0.1) is 4.90 Å². The van der Waals surface area contributed by atoms with Gasteiger partial charge >= 0.3 is 0 Å². The van der Waals surface area contributed by atoms with Crippen molar-refractivity contribution in [3.63, 3.8) is 0 Å². The summed E-state index contributed by atoms with van der Waals surface area (Å²) in [5, 5.41) is 0. The highest BCUT2D eigenvalue weighted by Crippen LogP contribution is 2.37. The third-order valence-electron chi connectivity index (χ3n) is 5.40. The van der Waals surface area contributed by atoms with E-state index < -0.39 is 10.0 Å². The number of benzene rings is 1. The average molecular weight is 348 g/mol. The molecule has 2 heterocycles. The number of sulfonamides is 1. The highest BCUT2D eigenvalue weighted by atomic mass is 32.2. The molecule has 1 aromatic rings. The molecule has 1 saturated carbocycles. The first-order valence-electron chi connectivity index (χ1n) is 8.91. The first-order valence-corrected chi connectivity index (χ1v) is 10.4. The summed E-state index contributed by atoms with van der Waals surface area (Å²) in [6, 6.07) is 5.28. The molecule has 3 aliphatic rings. The van der Waals surface area contributed by atoms with E-state index in [4.69, 9.17) is 0 Å². The van der Waals surface area contributed by atoms with Crippen molar-refractivity contribution < 1.29 is 13.2 Å². The summed E-state index contributed by atoms with van der Waals surface area (Å²) in [7, 11) is -3.43. The minimum absolute atomic E-state index is 0.189. The molecule has 0 aromatic heterocycles. The lowest BCUT2D eigenvalue weighted by Crippen LogP contribution is -2.39. The highest BCUT2D eigenvalue weighted by molar-refractivity contribution is 7.89. The molecular weight excluding hydrogens is 324 g/mol. The van der Waals surface area contributed by atoms with Crippen LogP contribution < -0.4 is 4.90 Å². The number of amides is 1. The topological polar surface area (TPSA) is 57.7 Å². The van der Waals surface area contributed by atoms with Crippen LogP contribution in [-0.4, -0.2) is 38.3 Å². The number of carbonyl (C=O) groups is 1. The maximum atomic E-state index is 12.9. The van der Waals surface area contributed by atoms with Crippen LogP contribution >= 0.6 is 0 Å². The molecule has 2 fully saturated rings. The third-order valence-corrected chi connectivity index (χ3v) is 7.26. The fourth-order valence-corrected chi connectivity index (χ4v) is 5.48. The number of nitrogens with zero attached hydrogens (tertiary/aromatic N) is 2. The Morgan fingerprint density at radius 1 is 1.17 bits per heavy atom. The molecule has 0 radical (unpaired) electrons. The van der Waals surface area contributed by atoms with Crippen LogP contribution in [0, 0.1) is 11.8 Å². The first kappa shape index (κ1) is 16.1. The van der Waals surface area contributed by atoms with Crippen molar-refractivity contribution in [1.29, 1.82) is 0 Å². The van der Waals surface area contributed by atoms with Crippen LogP contribution in [0.5, 0.6) is 0 Å². The molecule has 2 aliphatic heterocycles. The van der Waals surface area contributed by atoms with Crippen LogP contribution in [0.4, 0.5) is 5.69 Å². The van der Waals surface area contributed by atoms with Crippen LogP contribution in [0.15, 0.2) is 23.1 Å². The normalized spacial score (nSPS) is 24.9. The van der Waals surface area contributed by atoms with E-state index in [1.165, 1.54) is 0 Å². The van der Waals surface area contributed by atoms with Gasteiger partial charge in [0.25, 0.3) is 0 Å². The van der Waals surface area contributed by atoms with Crippen LogP contribution in [0.1, 0.15) is 38.2 Å². The van der Waals surface area contributed by atoms with E-state index in [0.717, 1.165) is 43.4 Å². The Kier molecular flexibility index (Phi) is 3.92. The predicted molar refractivity (Wildman–Crippen MR) is 92.4 cm³/mol. The van der Waals surface area contributed by atoms with Crippen LogP contribution in [0.3, 0.4) is 0 Å². The van der Waals surface area contributed by atoms with E-state index in [2.05, 4.69) is 6.92 Å². The number of hydrogen-bond acceptors (Lipinski definition) is 3. The molecule has 6 heteroatoms. The average Bonchev–Trinajstić information content (AvgIpc) is 3.33. The Morgan fingerprint density at radius 3 is 2.67 bits per heavy atom. The second-order valence-electron chi connectivity index (χ2n) is 7.42. The van der Waals surface area contributed by atoms with Crippen LogP contribution in [0.25, 0.3) is 0 Å². The van der Waals surface area contributed by atoms with E-state index in [0.29, 0.717) is 30.4 Å². The van der Waals surface area contributed by atoms with Gasteiger partial charge in [-0.05, 0) is 61.8 Å². The van der Waals surface area contributed by atoms with Crippen molar-refractivity contribution in [1.82, 2.24) is 4.31 Å². The second kappa shape index (κ2) is 5.85. The van der Waals surface area contributed by atoms with Crippen LogP contribution in [-0.2, 0) is 21.2 Å². The van der Waals surface area contributed by atoms with Crippen molar-refractivity contribution in [3.8, 4) is 0 Å². The summed E-state index contributed by atoms with van der Waals surface area (Å²) in [4.78, 5) is 14.5. The summed E-state index contributed by atoms with van der Waals surface area (Å²) in [5.41, 5.74) is 1.88. The molecule has 1 saturated heterocycles. The van der Waals surface area contributed by atoms with E-state index >= 15 is 0 Å². The lowest BCUT2D eigenvalue weighted by atomic mass is 10.0. The molecule has 0 N–H and O–H groups in total. The van der Waals surface area contributed by atoms with Gasteiger partial charge < -0.3 is 4.90 Å². The van der Waals surface area contributed by atoms with Gasteiger partial charge in [-0.15, -0.1) is 0 Å². The standard InChI is InChI=1S/C18H24N2O3S/c1-13-3-2-9-19(12-13)24(22,23)16-6-7-17-15(11-16)8-10-20(17)18(21)14-4-5-14/h6-7,11,13-14H,2-5,8-10,12H2,1H3/t13-/m1/s1. The fourth-order valence-electron chi connectivity index (χ4n) is 3.83. The lowest BCUT2D eigenvalue weighted by molar-refractivity contribution is -0.119. The molecule has 130 valence electrons. The van der Waals surface area contributed by atoms with Gasteiger partial charge in [0, 0.05) is 31.2 Å². The Bertz CT molecular complexity index is 770. The largest absolute Gasteiger partial charge is 0.312 e. The van der Waals surface area contributed by atoms with Crippen molar-refractivity contribution >= 4 is 21.6 Å². The monoisotopic (exact) mass is 348 g/mol. The van der Waals surface area contributed by atoms with Crippen molar-refractivity contribution in [2.75, 3.05) is 24.5 Å². The van der Waals surface area contributed by atoms with Gasteiger partial charge in [-0.25, -0.2) is 8.42 Å². The second-order valence-corrected chi connectivity index (χ2v) is 9.35. The zero-order valence-corrected chi connectivity index (χ0v) is 14.9. The number of piperidine rings is 1. The van der Waals surface area contributed by atoms with Crippen molar-refractivity contribution in [2.24, 2.45) is 11.8 Å². The maximum Gasteiger partial charge on any atom is 0.243 e. The van der Waals surface area contributed by atoms with E-state index in [9.17, 15) is 13.2 Å². The van der Waals surface area contributed by atoms with Crippen molar-refractivity contribution in [3.05, 3.63) is 23.8 Å². The minimum Gasteiger partial charge on any atom is -0.312 e. The molecule has 0 spiro atoms. The van der Waals surface area contributed by atoms with Gasteiger partial charge in [0.1, 0.15) is 0 Å². The summed E-state index contributed by atoms with van der Waals surface area (Å²) < 4.78 is 27.4. The number of fused-ring (bicyclic) bond motifs is 1. The van der Waals surface area contributed by atoms with Gasteiger partial charge in [-0.1, -0.05) is 6.92 Å². The molecule has 0 bridgehead atoms. The van der Waals surface area contributed by atoms with Gasteiger partial charge in [0.2, 0.25) is 15.9 Å². The smallest absolute Gasteiger partial charge is 0.243 e. The summed E-state index contributed by atoms with van der Waals surface area (Å²) >= 11 is 0. The lowest BCUT2D eigenvalue weighted by Gasteiger charge is -2.30. The number of anilines is 1. The molecule has 1 aliphatic carbocycles. The Balaban J connectivity index is 1.60. The maximum absolute atomic E-state index is 12.9. The van der Waals surface area contributed by atoms with E-state index in [1.54, 1.807) is 16.4 Å². The highest BCUT2D eigenvalue weighted by Gasteiger charge is 2.37. The molecule has 5 nitrogen and oxygen atoms in total. The zero-order valence-electron chi connectivity index (χ0n) is 14.1. The molecule has 1 atom stereocenters. The molecule has 4 rings (SSSR count). The van der Waals surface area contributed by atoms with Crippen molar-refractivity contribution in [2.45, 2.75) is 43.9 Å². The van der Waals surface area contributed by atoms with Gasteiger partial charge in [-0.3, -0.25) is 4.79 Å². The summed E-state index contributed by atoms with van der Waals surface area (Å²) in [5.74, 6) is 0.804. The van der Waals surface area contributed by atoms with Gasteiger partial charge in [0.15, 0.2) is 0 Å². The Hall–Kier alpha value is -1.40. The fraction of sp³-hybridized carbons (Fsp3) is 0.611. The minimum atomic E-state index is -3.43. The molecule has 24 heavy (non-hydrogen) atoms. The molecule has 1 aromatic carbocycles. The molecular formula is C18H24N2O3S. The SMILES string of the molecule is C[C@@H]1CCCN(S(=O)(=O)c2ccc3c(c2)CCN3C(=O)C2CC2)C1. The predicted octanol–water partition coefficient (Wildman–Crippen LogP) is 2.41. The molecule has 0 unspecified atom stereocenters. The zero-order chi connectivity index (χ0) is 16.9. The first-order chi connectivity index (χ1) is 11.5. The Morgan fingerprint density at radius 2 is 1.96 bits per heavy atom. The van der Waals surface area contributed by atoms with E-state index in [1.807, 2.05) is 11.0 Å². The number of rotatable bonds is 3. The number of hydrogen-bond donors (Lipinski definition) is 0. The van der Waals surface area contributed by atoms with Crippen LogP contribution in [0.2, 0.25) is 0 Å². The van der Waals surface area contributed by atoms with E-state index in [-0.39, 0.29) is 11.8 Å². The summed E-state index contributed by atoms with van der Waals surface area (Å²) in [6.45, 7) is 3.99. The van der Waals surface area contributed by atoms with Gasteiger partial charge in [-0.2, -0.15) is 4.31 Å². The summed E-state index contributed by atoms with van der Waals surface area (Å²) in [6.07, 6.45) is 4.74. The quantitative estimate of drug-likeness (QED) is 0.843.